The van der Waals surface area contributed by atoms with Gasteiger partial charge >= 0.3 is 0 Å². The standard InChI is InChI=1S/C15H20N4/c1-2-19-14(17-12-18-19)15(8-10-16-11-9-15)13-6-4-3-5-7-13/h3-7,12,16H,2,8-11H2,1H3. The highest BCUT2D eigenvalue weighted by atomic mass is 15.3. The number of hydrogen-bond acceptors (Lipinski definition) is 3. The van der Waals surface area contributed by atoms with Crippen molar-refractivity contribution in [1.82, 2.24) is 20.1 Å². The summed E-state index contributed by atoms with van der Waals surface area (Å²) >= 11 is 0. The molecule has 1 saturated heterocycles. The quantitative estimate of drug-likeness (QED) is 0.913. The predicted octanol–water partition coefficient (Wildman–Crippen LogP) is 1.97. The number of nitrogens with one attached hydrogen (secondary N) is 1. The molecule has 2 heterocycles. The third-order valence-electron chi connectivity index (χ3n) is 4.13. The number of piperidine rings is 1. The molecule has 0 unspecified atom stereocenters. The summed E-state index contributed by atoms with van der Waals surface area (Å²) in [5.41, 5.74) is 1.37. The zero-order valence-electron chi connectivity index (χ0n) is 11.3. The lowest BCUT2D eigenvalue weighted by Gasteiger charge is -2.37. The van der Waals surface area contributed by atoms with Crippen molar-refractivity contribution in [3.63, 3.8) is 0 Å². The highest BCUT2D eigenvalue weighted by molar-refractivity contribution is 5.33. The molecule has 19 heavy (non-hydrogen) atoms. The van der Waals surface area contributed by atoms with Crippen LogP contribution in [-0.4, -0.2) is 27.9 Å². The molecule has 0 saturated carbocycles. The lowest BCUT2D eigenvalue weighted by atomic mass is 9.72. The maximum absolute atomic E-state index is 4.58. The Morgan fingerprint density at radius 1 is 1.21 bits per heavy atom. The van der Waals surface area contributed by atoms with Crippen LogP contribution in [0.2, 0.25) is 0 Å². The van der Waals surface area contributed by atoms with E-state index in [1.54, 1.807) is 6.33 Å². The molecule has 1 fully saturated rings. The first-order chi connectivity index (χ1) is 9.37. The molecule has 1 aliphatic heterocycles. The fourth-order valence-corrected chi connectivity index (χ4v) is 3.12. The normalized spacial score (nSPS) is 18.4. The van der Waals surface area contributed by atoms with E-state index in [1.165, 1.54) is 5.56 Å². The SMILES string of the molecule is CCn1ncnc1C1(c2ccccc2)CCNCC1. The molecule has 0 bridgehead atoms. The van der Waals surface area contributed by atoms with Crippen molar-refractivity contribution in [2.24, 2.45) is 0 Å². The Kier molecular flexibility index (Phi) is 3.34. The molecular weight excluding hydrogens is 236 g/mol. The first-order valence-corrected chi connectivity index (χ1v) is 7.01. The van der Waals surface area contributed by atoms with Crippen LogP contribution in [0.1, 0.15) is 31.2 Å². The predicted molar refractivity (Wildman–Crippen MR) is 75.0 cm³/mol. The highest BCUT2D eigenvalue weighted by Gasteiger charge is 2.39. The molecule has 4 heteroatoms. The van der Waals surface area contributed by atoms with Crippen molar-refractivity contribution in [3.05, 3.63) is 48.0 Å². The van der Waals surface area contributed by atoms with Crippen LogP contribution in [-0.2, 0) is 12.0 Å². The van der Waals surface area contributed by atoms with E-state index >= 15 is 0 Å². The Labute approximate surface area is 113 Å². The molecule has 3 rings (SSSR count). The molecule has 1 aromatic carbocycles. The van der Waals surface area contributed by atoms with Crippen LogP contribution in [0.15, 0.2) is 36.7 Å². The molecule has 0 amide bonds. The van der Waals surface area contributed by atoms with Crippen molar-refractivity contribution in [1.29, 1.82) is 0 Å². The van der Waals surface area contributed by atoms with Crippen molar-refractivity contribution in [2.45, 2.75) is 31.7 Å². The summed E-state index contributed by atoms with van der Waals surface area (Å²) in [6.45, 7) is 5.06. The number of benzene rings is 1. The second kappa shape index (κ2) is 5.13. The first-order valence-electron chi connectivity index (χ1n) is 7.01. The third kappa shape index (κ3) is 2.06. The van der Waals surface area contributed by atoms with Gasteiger partial charge in [-0.1, -0.05) is 30.3 Å². The second-order valence-corrected chi connectivity index (χ2v) is 5.10. The van der Waals surface area contributed by atoms with E-state index in [1.807, 2.05) is 4.68 Å². The van der Waals surface area contributed by atoms with Gasteiger partial charge in [0.2, 0.25) is 0 Å². The first kappa shape index (κ1) is 12.4. The Balaban J connectivity index is 2.12. The van der Waals surface area contributed by atoms with E-state index in [2.05, 4.69) is 52.7 Å². The summed E-state index contributed by atoms with van der Waals surface area (Å²) in [7, 11) is 0. The van der Waals surface area contributed by atoms with E-state index < -0.39 is 0 Å². The number of rotatable bonds is 3. The molecule has 100 valence electrons. The minimum atomic E-state index is 0.0129. The molecule has 1 aliphatic rings. The molecule has 1 aromatic heterocycles. The largest absolute Gasteiger partial charge is 0.317 e. The van der Waals surface area contributed by atoms with Gasteiger partial charge in [-0.3, -0.25) is 0 Å². The van der Waals surface area contributed by atoms with Crippen LogP contribution in [0.4, 0.5) is 0 Å². The minimum absolute atomic E-state index is 0.0129. The van der Waals surface area contributed by atoms with Gasteiger partial charge in [0, 0.05) is 6.54 Å². The van der Waals surface area contributed by atoms with Crippen LogP contribution in [0.3, 0.4) is 0 Å². The zero-order chi connectivity index (χ0) is 13.1. The van der Waals surface area contributed by atoms with Crippen molar-refractivity contribution >= 4 is 0 Å². The summed E-state index contributed by atoms with van der Waals surface area (Å²) in [5, 5.41) is 7.82. The van der Waals surface area contributed by atoms with E-state index in [0.29, 0.717) is 0 Å². The molecular formula is C15H20N4. The van der Waals surface area contributed by atoms with Gasteiger partial charge in [-0.15, -0.1) is 0 Å². The third-order valence-corrected chi connectivity index (χ3v) is 4.13. The molecule has 0 aliphatic carbocycles. The van der Waals surface area contributed by atoms with E-state index in [-0.39, 0.29) is 5.41 Å². The van der Waals surface area contributed by atoms with Gasteiger partial charge in [0.15, 0.2) is 0 Å². The highest BCUT2D eigenvalue weighted by Crippen LogP contribution is 2.38. The van der Waals surface area contributed by atoms with E-state index in [9.17, 15) is 0 Å². The van der Waals surface area contributed by atoms with Crippen LogP contribution < -0.4 is 5.32 Å². The van der Waals surface area contributed by atoms with Gasteiger partial charge in [0.1, 0.15) is 12.2 Å². The minimum Gasteiger partial charge on any atom is -0.317 e. The molecule has 0 spiro atoms. The number of aryl methyl sites for hydroxylation is 1. The zero-order valence-corrected chi connectivity index (χ0v) is 11.3. The fraction of sp³-hybridized carbons (Fsp3) is 0.467. The Hall–Kier alpha value is -1.68. The van der Waals surface area contributed by atoms with Gasteiger partial charge in [0.25, 0.3) is 0 Å². The Morgan fingerprint density at radius 3 is 2.63 bits per heavy atom. The van der Waals surface area contributed by atoms with Crippen molar-refractivity contribution < 1.29 is 0 Å². The summed E-state index contributed by atoms with van der Waals surface area (Å²) < 4.78 is 2.04. The van der Waals surface area contributed by atoms with Gasteiger partial charge in [0.05, 0.1) is 5.41 Å². The summed E-state index contributed by atoms with van der Waals surface area (Å²) in [6.07, 6.45) is 3.84. The van der Waals surface area contributed by atoms with Gasteiger partial charge in [-0.05, 0) is 38.4 Å². The maximum atomic E-state index is 4.58. The monoisotopic (exact) mass is 256 g/mol. The average Bonchev–Trinajstić information content (AvgIpc) is 2.98. The maximum Gasteiger partial charge on any atom is 0.138 e. The summed E-state index contributed by atoms with van der Waals surface area (Å²) in [5.74, 6) is 1.11. The Bertz CT molecular complexity index is 526. The molecule has 2 aromatic rings. The molecule has 1 N–H and O–H groups in total. The second-order valence-electron chi connectivity index (χ2n) is 5.10. The van der Waals surface area contributed by atoms with Gasteiger partial charge in [-0.2, -0.15) is 5.10 Å². The number of nitrogens with zero attached hydrogens (tertiary/aromatic N) is 3. The fourth-order valence-electron chi connectivity index (χ4n) is 3.12. The topological polar surface area (TPSA) is 42.7 Å². The lowest BCUT2D eigenvalue weighted by Crippen LogP contribution is -2.42. The van der Waals surface area contributed by atoms with E-state index in [4.69, 9.17) is 0 Å². The van der Waals surface area contributed by atoms with Crippen molar-refractivity contribution in [3.8, 4) is 0 Å². The molecule has 4 nitrogen and oxygen atoms in total. The van der Waals surface area contributed by atoms with Crippen LogP contribution in [0.5, 0.6) is 0 Å². The smallest absolute Gasteiger partial charge is 0.138 e. The summed E-state index contributed by atoms with van der Waals surface area (Å²) in [6, 6.07) is 10.8. The number of aromatic nitrogens is 3. The van der Waals surface area contributed by atoms with Crippen LogP contribution >= 0.6 is 0 Å². The average molecular weight is 256 g/mol. The Morgan fingerprint density at radius 2 is 1.95 bits per heavy atom. The van der Waals surface area contributed by atoms with Crippen LogP contribution in [0, 0.1) is 0 Å². The lowest BCUT2D eigenvalue weighted by molar-refractivity contribution is 0.330. The summed E-state index contributed by atoms with van der Waals surface area (Å²) in [4.78, 5) is 4.58. The molecule has 0 atom stereocenters. The van der Waals surface area contributed by atoms with E-state index in [0.717, 1.165) is 38.3 Å². The van der Waals surface area contributed by atoms with Crippen LogP contribution in [0.25, 0.3) is 0 Å². The van der Waals surface area contributed by atoms with Crippen molar-refractivity contribution in [2.75, 3.05) is 13.1 Å². The van der Waals surface area contributed by atoms with Gasteiger partial charge in [-0.25, -0.2) is 9.67 Å². The molecule has 0 radical (unpaired) electrons. The van der Waals surface area contributed by atoms with Gasteiger partial charge < -0.3 is 5.32 Å². The number of hydrogen-bond donors (Lipinski definition) is 1.